The SMILES string of the molecule is CCN(C)S(=O)(=O)Nc1cccc(C(=O)c2c[nH]c3ncc(C4=CC=C4)cc23)c1F. The maximum absolute atomic E-state index is 15.1. The minimum Gasteiger partial charge on any atom is -0.345 e. The van der Waals surface area contributed by atoms with Gasteiger partial charge in [0.1, 0.15) is 5.65 Å². The van der Waals surface area contributed by atoms with E-state index in [0.29, 0.717) is 11.0 Å². The molecule has 0 aliphatic heterocycles. The van der Waals surface area contributed by atoms with Gasteiger partial charge in [-0.15, -0.1) is 0 Å². The van der Waals surface area contributed by atoms with Crippen LogP contribution in [-0.2, 0) is 10.2 Å². The van der Waals surface area contributed by atoms with E-state index in [1.165, 1.54) is 31.4 Å². The van der Waals surface area contributed by atoms with Crippen LogP contribution in [0.3, 0.4) is 0 Å². The van der Waals surface area contributed by atoms with E-state index in [1.54, 1.807) is 13.1 Å². The summed E-state index contributed by atoms with van der Waals surface area (Å²) in [6, 6.07) is 5.86. The molecule has 0 fully saturated rings. The van der Waals surface area contributed by atoms with Crippen LogP contribution in [-0.4, -0.2) is 42.1 Å². The third kappa shape index (κ3) is 3.42. The van der Waals surface area contributed by atoms with Gasteiger partial charge in [-0.2, -0.15) is 12.7 Å². The van der Waals surface area contributed by atoms with Crippen molar-refractivity contribution >= 4 is 38.3 Å². The molecule has 0 radical (unpaired) electrons. The van der Waals surface area contributed by atoms with E-state index in [-0.39, 0.29) is 23.4 Å². The number of ketones is 1. The Balaban J connectivity index is 1.72. The molecule has 1 aromatic carbocycles. The van der Waals surface area contributed by atoms with Crippen molar-refractivity contribution in [3.8, 4) is 0 Å². The number of pyridine rings is 1. The molecule has 0 saturated carbocycles. The molecule has 9 heteroatoms. The van der Waals surface area contributed by atoms with Crippen LogP contribution < -0.4 is 4.72 Å². The smallest absolute Gasteiger partial charge is 0.301 e. The fraction of sp³-hybridized carbons (Fsp3) is 0.143. The highest BCUT2D eigenvalue weighted by atomic mass is 32.2. The molecule has 0 amide bonds. The molecule has 154 valence electrons. The summed E-state index contributed by atoms with van der Waals surface area (Å²) in [6.45, 7) is 1.87. The number of hydrogen-bond donors (Lipinski definition) is 2. The third-order valence-corrected chi connectivity index (χ3v) is 6.56. The monoisotopic (exact) mass is 426 g/mol. The summed E-state index contributed by atoms with van der Waals surface area (Å²) in [5.74, 6) is -1.50. The topological polar surface area (TPSA) is 95.2 Å². The molecule has 0 unspecified atom stereocenters. The van der Waals surface area contributed by atoms with Crippen molar-refractivity contribution in [3.63, 3.8) is 0 Å². The van der Waals surface area contributed by atoms with Gasteiger partial charge in [-0.05, 0) is 23.8 Å². The molecule has 3 aromatic rings. The van der Waals surface area contributed by atoms with Gasteiger partial charge in [0.05, 0.1) is 11.3 Å². The van der Waals surface area contributed by atoms with E-state index in [2.05, 4.69) is 14.7 Å². The predicted octanol–water partition coefficient (Wildman–Crippen LogP) is 3.49. The summed E-state index contributed by atoms with van der Waals surface area (Å²) in [5, 5.41) is 0.565. The van der Waals surface area contributed by atoms with E-state index in [1.807, 2.05) is 24.3 Å². The number of rotatable bonds is 7. The summed E-state index contributed by atoms with van der Waals surface area (Å²) in [6.07, 6.45) is 8.94. The number of aromatic nitrogens is 2. The molecule has 0 atom stereocenters. The van der Waals surface area contributed by atoms with Gasteiger partial charge >= 0.3 is 10.2 Å². The Bertz CT molecular complexity index is 1330. The highest BCUT2D eigenvalue weighted by molar-refractivity contribution is 7.90. The van der Waals surface area contributed by atoms with Crippen molar-refractivity contribution in [2.75, 3.05) is 18.3 Å². The van der Waals surface area contributed by atoms with Crippen LogP contribution in [0.25, 0.3) is 16.6 Å². The van der Waals surface area contributed by atoms with Crippen molar-refractivity contribution in [2.45, 2.75) is 6.92 Å². The molecular weight excluding hydrogens is 407 g/mol. The second-order valence-corrected chi connectivity index (χ2v) is 8.60. The second-order valence-electron chi connectivity index (χ2n) is 6.82. The number of H-pyrrole nitrogens is 1. The Morgan fingerprint density at radius 2 is 2.07 bits per heavy atom. The number of allylic oxidation sites excluding steroid dienone is 4. The molecule has 0 bridgehead atoms. The summed E-state index contributed by atoms with van der Waals surface area (Å²) in [7, 11) is -2.55. The average Bonchev–Trinajstić information content (AvgIpc) is 3.10. The number of benzene rings is 1. The molecule has 0 saturated heterocycles. The lowest BCUT2D eigenvalue weighted by atomic mass is 9.98. The first kappa shape index (κ1) is 20.0. The van der Waals surface area contributed by atoms with Gasteiger partial charge in [0, 0.05) is 42.5 Å². The molecular formula is C21H19FN4O3S. The van der Waals surface area contributed by atoms with Gasteiger partial charge in [0.2, 0.25) is 0 Å². The summed E-state index contributed by atoms with van der Waals surface area (Å²) >= 11 is 0. The van der Waals surface area contributed by atoms with E-state index in [0.717, 1.165) is 15.4 Å². The quantitative estimate of drug-likeness (QED) is 0.566. The molecule has 2 heterocycles. The van der Waals surface area contributed by atoms with Crippen molar-refractivity contribution in [2.24, 2.45) is 0 Å². The highest BCUT2D eigenvalue weighted by Gasteiger charge is 2.23. The number of hydrogen-bond acceptors (Lipinski definition) is 4. The van der Waals surface area contributed by atoms with E-state index < -0.39 is 21.8 Å². The van der Waals surface area contributed by atoms with Crippen molar-refractivity contribution in [1.82, 2.24) is 14.3 Å². The number of fused-ring (bicyclic) bond motifs is 1. The normalized spacial score (nSPS) is 13.4. The number of carbonyl (C=O) groups excluding carboxylic acids is 1. The van der Waals surface area contributed by atoms with Crippen molar-refractivity contribution in [3.05, 3.63) is 77.4 Å². The number of nitrogens with one attached hydrogen (secondary N) is 2. The zero-order valence-corrected chi connectivity index (χ0v) is 17.1. The van der Waals surface area contributed by atoms with Crippen LogP contribution >= 0.6 is 0 Å². The zero-order chi connectivity index (χ0) is 21.5. The van der Waals surface area contributed by atoms with Gasteiger partial charge in [-0.25, -0.2) is 9.37 Å². The Hall–Kier alpha value is -3.30. The lowest BCUT2D eigenvalue weighted by Gasteiger charge is -2.17. The Labute approximate surface area is 173 Å². The average molecular weight is 426 g/mol. The number of nitrogens with zero attached hydrogens (tertiary/aromatic N) is 2. The second kappa shape index (κ2) is 7.51. The van der Waals surface area contributed by atoms with Gasteiger partial charge in [-0.1, -0.05) is 31.2 Å². The van der Waals surface area contributed by atoms with Crippen LogP contribution in [0.5, 0.6) is 0 Å². The third-order valence-electron chi connectivity index (χ3n) is 5.00. The molecule has 1 aliphatic carbocycles. The van der Waals surface area contributed by atoms with Crippen LogP contribution in [0, 0.1) is 5.82 Å². The summed E-state index contributed by atoms with van der Waals surface area (Å²) in [5.41, 5.74) is 2.09. The standard InChI is InChI=1S/C21H19FN4O3S/c1-3-26(2)30(28,29)25-18-9-5-8-15(19(18)22)20(27)17-12-24-21-16(17)10-14(11-23-21)13-6-4-7-13/h4-12,25H,3H2,1-2H3,(H,23,24). The van der Waals surface area contributed by atoms with Crippen molar-refractivity contribution in [1.29, 1.82) is 0 Å². The predicted molar refractivity (Wildman–Crippen MR) is 114 cm³/mol. The number of carbonyl (C=O) groups is 1. The van der Waals surface area contributed by atoms with Gasteiger partial charge < -0.3 is 4.98 Å². The van der Waals surface area contributed by atoms with Crippen LogP contribution in [0.4, 0.5) is 10.1 Å². The fourth-order valence-corrected chi connectivity index (χ4v) is 3.98. The largest absolute Gasteiger partial charge is 0.345 e. The van der Waals surface area contributed by atoms with Crippen LogP contribution in [0.2, 0.25) is 0 Å². The molecule has 2 aromatic heterocycles. The molecule has 7 nitrogen and oxygen atoms in total. The molecule has 4 rings (SSSR count). The van der Waals surface area contributed by atoms with Crippen molar-refractivity contribution < 1.29 is 17.6 Å². The number of anilines is 1. The number of aromatic amines is 1. The lowest BCUT2D eigenvalue weighted by Crippen LogP contribution is -2.32. The first-order valence-corrected chi connectivity index (χ1v) is 10.7. The molecule has 2 N–H and O–H groups in total. The minimum absolute atomic E-state index is 0.214. The molecule has 0 spiro atoms. The van der Waals surface area contributed by atoms with Gasteiger partial charge in [0.15, 0.2) is 11.6 Å². The Morgan fingerprint density at radius 3 is 2.73 bits per heavy atom. The molecule has 1 aliphatic rings. The van der Waals surface area contributed by atoms with Crippen LogP contribution in [0.15, 0.2) is 54.9 Å². The van der Waals surface area contributed by atoms with Gasteiger partial charge in [-0.3, -0.25) is 9.52 Å². The first-order chi connectivity index (χ1) is 14.3. The molecule has 30 heavy (non-hydrogen) atoms. The summed E-state index contributed by atoms with van der Waals surface area (Å²) in [4.78, 5) is 20.4. The van der Waals surface area contributed by atoms with Gasteiger partial charge in [0.25, 0.3) is 0 Å². The summed E-state index contributed by atoms with van der Waals surface area (Å²) < 4.78 is 42.8. The van der Waals surface area contributed by atoms with E-state index in [9.17, 15) is 13.2 Å². The lowest BCUT2D eigenvalue weighted by molar-refractivity contribution is 0.103. The highest BCUT2D eigenvalue weighted by Crippen LogP contribution is 2.28. The maximum Gasteiger partial charge on any atom is 0.301 e. The first-order valence-electron chi connectivity index (χ1n) is 9.25. The fourth-order valence-electron chi connectivity index (χ4n) is 3.05. The minimum atomic E-state index is -3.93. The Morgan fingerprint density at radius 1 is 1.30 bits per heavy atom. The van der Waals surface area contributed by atoms with E-state index >= 15 is 4.39 Å². The van der Waals surface area contributed by atoms with Crippen LogP contribution in [0.1, 0.15) is 28.4 Å². The zero-order valence-electron chi connectivity index (χ0n) is 16.3. The number of halogens is 1. The maximum atomic E-state index is 15.1. The Kier molecular flexibility index (Phi) is 5.00. The van der Waals surface area contributed by atoms with E-state index in [4.69, 9.17) is 0 Å².